The molecule has 0 amide bonds. The zero-order chi connectivity index (χ0) is 19.3. The van der Waals surface area contributed by atoms with E-state index >= 15 is 0 Å². The summed E-state index contributed by atoms with van der Waals surface area (Å²) in [7, 11) is 1.33. The van der Waals surface area contributed by atoms with Crippen molar-refractivity contribution in [2.75, 3.05) is 7.11 Å². The fraction of sp³-hybridized carbons (Fsp3) is 0.421. The Labute approximate surface area is 162 Å². The molecule has 2 atom stereocenters. The number of aliphatic hydroxyl groups excluding tert-OH is 1. The number of ether oxygens (including phenoxy) is 1. The van der Waals surface area contributed by atoms with E-state index in [4.69, 9.17) is 0 Å². The van der Waals surface area contributed by atoms with Gasteiger partial charge in [-0.1, -0.05) is 32.4 Å². The van der Waals surface area contributed by atoms with Gasteiger partial charge in [0, 0.05) is 28.7 Å². The van der Waals surface area contributed by atoms with Crippen molar-refractivity contribution in [3.05, 3.63) is 39.2 Å². The summed E-state index contributed by atoms with van der Waals surface area (Å²) < 4.78 is 4.61. The zero-order valence-corrected chi connectivity index (χ0v) is 17.2. The average Bonchev–Trinajstić information content (AvgIpc) is 3.27. The number of carbonyl (C=O) groups is 1. The molecule has 0 aliphatic rings. The number of aromatic nitrogens is 2. The number of carbonyl (C=O) groups excluding carboxylic acids is 1. The van der Waals surface area contributed by atoms with Crippen molar-refractivity contribution in [2.24, 2.45) is 5.92 Å². The van der Waals surface area contributed by atoms with Gasteiger partial charge in [-0.25, -0.2) is 14.8 Å². The summed E-state index contributed by atoms with van der Waals surface area (Å²) in [6.45, 7) is 7.91. The second kappa shape index (κ2) is 9.21. The highest BCUT2D eigenvalue weighted by atomic mass is 32.1. The quantitative estimate of drug-likeness (QED) is 0.554. The molecule has 140 valence electrons. The molecule has 0 radical (unpaired) electrons. The second-order valence-corrected chi connectivity index (χ2v) is 8.10. The van der Waals surface area contributed by atoms with E-state index in [2.05, 4.69) is 28.6 Å². The molecule has 7 heteroatoms. The predicted molar refractivity (Wildman–Crippen MR) is 107 cm³/mol. The summed E-state index contributed by atoms with van der Waals surface area (Å²) in [6.07, 6.45) is 4.17. The number of hydrogen-bond donors (Lipinski definition) is 1. The molecule has 1 N–H and O–H groups in total. The molecular formula is C19H24N2O3S2. The van der Waals surface area contributed by atoms with Crippen LogP contribution in [0, 0.1) is 5.92 Å². The summed E-state index contributed by atoms with van der Waals surface area (Å²) in [6, 6.07) is 0. The molecule has 2 rings (SSSR count). The highest BCUT2D eigenvalue weighted by Crippen LogP contribution is 2.28. The van der Waals surface area contributed by atoms with E-state index in [1.54, 1.807) is 30.4 Å². The van der Waals surface area contributed by atoms with Crippen LogP contribution in [0.2, 0.25) is 0 Å². The fourth-order valence-electron chi connectivity index (χ4n) is 2.14. The van der Waals surface area contributed by atoms with Crippen LogP contribution in [-0.2, 0) is 9.53 Å². The van der Waals surface area contributed by atoms with Gasteiger partial charge in [-0.2, -0.15) is 0 Å². The number of aliphatic hydroxyl groups is 1. The molecule has 0 aliphatic carbocycles. The van der Waals surface area contributed by atoms with E-state index < -0.39 is 12.1 Å². The summed E-state index contributed by atoms with van der Waals surface area (Å²) >= 11 is 3.18. The van der Waals surface area contributed by atoms with Crippen molar-refractivity contribution in [1.82, 2.24) is 9.97 Å². The minimum absolute atomic E-state index is 0.199. The largest absolute Gasteiger partial charge is 0.466 e. The third kappa shape index (κ3) is 5.33. The Morgan fingerprint density at radius 1 is 1.23 bits per heavy atom. The van der Waals surface area contributed by atoms with Gasteiger partial charge in [-0.15, -0.1) is 22.7 Å². The van der Waals surface area contributed by atoms with Gasteiger partial charge < -0.3 is 9.84 Å². The lowest BCUT2D eigenvalue weighted by molar-refractivity contribution is -0.134. The Morgan fingerprint density at radius 3 is 2.58 bits per heavy atom. The van der Waals surface area contributed by atoms with E-state index in [1.807, 2.05) is 17.7 Å². The Kier molecular flexibility index (Phi) is 7.25. The molecule has 2 heterocycles. The molecule has 2 aromatic heterocycles. The average molecular weight is 393 g/mol. The number of rotatable bonds is 7. The molecule has 2 aromatic rings. The maximum absolute atomic E-state index is 11.3. The number of nitrogens with zero attached hydrogens (tertiary/aromatic N) is 2. The van der Waals surface area contributed by atoms with E-state index in [1.165, 1.54) is 24.5 Å². The maximum atomic E-state index is 11.3. The Morgan fingerprint density at radius 2 is 1.96 bits per heavy atom. The maximum Gasteiger partial charge on any atom is 0.330 e. The minimum atomic E-state index is -0.715. The van der Waals surface area contributed by atoms with Gasteiger partial charge in [-0.3, -0.25) is 0 Å². The third-order valence-corrected chi connectivity index (χ3v) is 6.03. The predicted octanol–water partition coefficient (Wildman–Crippen LogP) is 4.52. The molecule has 5 nitrogen and oxygen atoms in total. The topological polar surface area (TPSA) is 72.3 Å². The molecule has 0 aliphatic heterocycles. The Balaban J connectivity index is 2.05. The number of thiazole rings is 2. The first-order valence-corrected chi connectivity index (χ1v) is 10.1. The van der Waals surface area contributed by atoms with E-state index in [-0.39, 0.29) is 5.92 Å². The van der Waals surface area contributed by atoms with Gasteiger partial charge in [0.05, 0.1) is 23.9 Å². The molecule has 0 bridgehead atoms. The van der Waals surface area contributed by atoms with Gasteiger partial charge in [0.15, 0.2) is 0 Å². The van der Waals surface area contributed by atoms with Crippen molar-refractivity contribution >= 4 is 34.7 Å². The minimum Gasteiger partial charge on any atom is -0.466 e. The van der Waals surface area contributed by atoms with Crippen LogP contribution in [0.4, 0.5) is 0 Å². The van der Waals surface area contributed by atoms with Crippen molar-refractivity contribution < 1.29 is 14.6 Å². The number of methoxy groups -OCH3 is 1. The Bertz CT molecular complexity index is 805. The summed E-state index contributed by atoms with van der Waals surface area (Å²) in [5.41, 5.74) is 2.44. The van der Waals surface area contributed by atoms with Crippen LogP contribution in [0.15, 0.2) is 28.5 Å². The van der Waals surface area contributed by atoms with Crippen LogP contribution in [0.5, 0.6) is 0 Å². The van der Waals surface area contributed by atoms with E-state index in [0.717, 1.165) is 27.0 Å². The first-order valence-electron chi connectivity index (χ1n) is 8.35. The highest BCUT2D eigenvalue weighted by molar-refractivity contribution is 7.14. The van der Waals surface area contributed by atoms with Gasteiger partial charge >= 0.3 is 5.97 Å². The second-order valence-electron chi connectivity index (χ2n) is 6.35. The van der Waals surface area contributed by atoms with E-state index in [0.29, 0.717) is 5.92 Å². The molecule has 0 aromatic carbocycles. The third-order valence-electron chi connectivity index (χ3n) is 4.00. The van der Waals surface area contributed by atoms with Crippen LogP contribution in [-0.4, -0.2) is 34.3 Å². The van der Waals surface area contributed by atoms with Crippen LogP contribution >= 0.6 is 22.7 Å². The SMILES string of the molecule is COC(=O)/C=C(/C)[C@H](C)[C@@H](O)/C=C/c1csc(-c2csc(C(C)C)n2)n1. The number of hydrogen-bond acceptors (Lipinski definition) is 7. The number of esters is 1. The molecule has 0 saturated heterocycles. The van der Waals surface area contributed by atoms with Gasteiger partial charge in [0.2, 0.25) is 0 Å². The van der Waals surface area contributed by atoms with Crippen LogP contribution in [0.25, 0.3) is 16.8 Å². The van der Waals surface area contributed by atoms with Gasteiger partial charge in [0.1, 0.15) is 10.7 Å². The van der Waals surface area contributed by atoms with Crippen LogP contribution in [0.1, 0.15) is 44.3 Å². The normalized spacial score (nSPS) is 14.8. The molecule has 0 unspecified atom stereocenters. The van der Waals surface area contributed by atoms with Crippen molar-refractivity contribution in [2.45, 2.75) is 39.7 Å². The van der Waals surface area contributed by atoms with Gasteiger partial charge in [-0.05, 0) is 13.0 Å². The first kappa shape index (κ1) is 20.5. The van der Waals surface area contributed by atoms with Crippen molar-refractivity contribution in [1.29, 1.82) is 0 Å². The molecule has 26 heavy (non-hydrogen) atoms. The fourth-order valence-corrected chi connectivity index (χ4v) is 3.78. The smallest absolute Gasteiger partial charge is 0.330 e. The van der Waals surface area contributed by atoms with Crippen molar-refractivity contribution in [3.8, 4) is 10.7 Å². The lowest BCUT2D eigenvalue weighted by atomic mass is 9.95. The summed E-state index contributed by atoms with van der Waals surface area (Å²) in [4.78, 5) is 20.5. The van der Waals surface area contributed by atoms with Crippen LogP contribution < -0.4 is 0 Å². The summed E-state index contributed by atoms with van der Waals surface area (Å²) in [5, 5.41) is 16.2. The van der Waals surface area contributed by atoms with E-state index in [9.17, 15) is 9.90 Å². The lowest BCUT2D eigenvalue weighted by Gasteiger charge is -2.16. The molecule has 0 fully saturated rings. The van der Waals surface area contributed by atoms with Crippen LogP contribution in [0.3, 0.4) is 0 Å². The molecular weight excluding hydrogens is 368 g/mol. The molecule has 0 saturated carbocycles. The summed E-state index contributed by atoms with van der Waals surface area (Å²) in [5.74, 6) is -0.208. The first-order chi connectivity index (χ1) is 12.3. The Hall–Kier alpha value is -1.83. The standard InChI is InChI=1S/C19H24N2O3S2/c1-11(2)18-21-15(10-26-18)19-20-14(9-25-19)6-7-16(22)13(4)12(3)8-17(23)24-5/h6-11,13,16,22H,1-5H3/b7-6+,12-8-/t13-,16-/m0/s1. The zero-order valence-electron chi connectivity index (χ0n) is 15.6. The lowest BCUT2D eigenvalue weighted by Crippen LogP contribution is -2.16. The highest BCUT2D eigenvalue weighted by Gasteiger charge is 2.15. The monoisotopic (exact) mass is 392 g/mol. The molecule has 0 spiro atoms. The van der Waals surface area contributed by atoms with Gasteiger partial charge in [0.25, 0.3) is 0 Å². The van der Waals surface area contributed by atoms with Crippen molar-refractivity contribution in [3.63, 3.8) is 0 Å².